The maximum absolute atomic E-state index is 11.6. The van der Waals surface area contributed by atoms with E-state index in [1.54, 1.807) is 7.05 Å². The van der Waals surface area contributed by atoms with E-state index in [9.17, 15) is 4.79 Å². The molecule has 0 aromatic carbocycles. The normalized spacial score (nSPS) is 30.1. The molecule has 2 aliphatic carbocycles. The Labute approximate surface area is 150 Å². The minimum Gasteiger partial charge on any atom is -0.444 e. The first-order valence-electron chi connectivity index (χ1n) is 9.41. The highest BCUT2D eigenvalue weighted by atomic mass is 16.6. The number of aliphatic imine (C=N–C) groups is 1. The first kappa shape index (κ1) is 18.3. The number of hydrogen-bond acceptors (Lipinski definition) is 4. The van der Waals surface area contributed by atoms with Gasteiger partial charge in [0.25, 0.3) is 0 Å². The molecular weight excluding hydrogens is 320 g/mol. The SMILES string of the molecule is CN=C(NCCNC(=O)OC(C)(C)C)NC1C2CCOC2C12CCC2. The second-order valence-corrected chi connectivity index (χ2v) is 8.38. The molecule has 3 unspecified atom stereocenters. The molecular formula is C18H32N4O3. The van der Waals surface area contributed by atoms with E-state index in [2.05, 4.69) is 20.9 Å². The number of rotatable bonds is 4. The molecule has 1 saturated heterocycles. The van der Waals surface area contributed by atoms with E-state index in [1.165, 1.54) is 19.3 Å². The maximum Gasteiger partial charge on any atom is 0.407 e. The highest BCUT2D eigenvalue weighted by Gasteiger charge is 2.66. The molecule has 0 aromatic heterocycles. The minimum atomic E-state index is -0.476. The quantitative estimate of drug-likeness (QED) is 0.407. The summed E-state index contributed by atoms with van der Waals surface area (Å²) in [5.41, 5.74) is -0.149. The van der Waals surface area contributed by atoms with Crippen LogP contribution >= 0.6 is 0 Å². The number of nitrogens with one attached hydrogen (secondary N) is 3. The van der Waals surface area contributed by atoms with Crippen LogP contribution in [0.4, 0.5) is 4.79 Å². The van der Waals surface area contributed by atoms with Gasteiger partial charge in [-0.2, -0.15) is 0 Å². The van der Waals surface area contributed by atoms with Gasteiger partial charge in [0.2, 0.25) is 0 Å². The summed E-state index contributed by atoms with van der Waals surface area (Å²) in [5, 5.41) is 9.64. The third-order valence-electron chi connectivity index (χ3n) is 5.64. The molecule has 3 N–H and O–H groups in total. The number of carbonyl (C=O) groups excluding carboxylic acids is 1. The second kappa shape index (κ2) is 7.02. The molecule has 7 nitrogen and oxygen atoms in total. The van der Waals surface area contributed by atoms with Crippen LogP contribution in [-0.4, -0.2) is 56.5 Å². The predicted molar refractivity (Wildman–Crippen MR) is 96.7 cm³/mol. The lowest BCUT2D eigenvalue weighted by molar-refractivity contribution is -0.171. The number of ether oxygens (including phenoxy) is 2. The highest BCUT2D eigenvalue weighted by Crippen LogP contribution is 2.62. The highest BCUT2D eigenvalue weighted by molar-refractivity contribution is 5.80. The number of nitrogens with zero attached hydrogens (tertiary/aromatic N) is 1. The summed E-state index contributed by atoms with van der Waals surface area (Å²) < 4.78 is 11.2. The van der Waals surface area contributed by atoms with Crippen molar-refractivity contribution in [1.29, 1.82) is 0 Å². The van der Waals surface area contributed by atoms with Gasteiger partial charge in [0.05, 0.1) is 6.10 Å². The number of fused-ring (bicyclic) bond motifs is 2. The molecule has 1 amide bonds. The molecule has 7 heteroatoms. The van der Waals surface area contributed by atoms with Crippen molar-refractivity contribution < 1.29 is 14.3 Å². The average Bonchev–Trinajstić information content (AvgIpc) is 2.88. The summed E-state index contributed by atoms with van der Waals surface area (Å²) in [5.74, 6) is 1.41. The monoisotopic (exact) mass is 352 g/mol. The van der Waals surface area contributed by atoms with Gasteiger partial charge in [0.1, 0.15) is 5.60 Å². The Bertz CT molecular complexity index is 525. The zero-order chi connectivity index (χ0) is 18.1. The van der Waals surface area contributed by atoms with Crippen LogP contribution in [0.1, 0.15) is 46.5 Å². The van der Waals surface area contributed by atoms with E-state index in [0.717, 1.165) is 19.0 Å². The van der Waals surface area contributed by atoms with Crippen molar-refractivity contribution in [2.24, 2.45) is 16.3 Å². The average molecular weight is 352 g/mol. The zero-order valence-electron chi connectivity index (χ0n) is 15.9. The first-order chi connectivity index (χ1) is 11.9. The number of alkyl carbamates (subject to hydrolysis) is 1. The molecule has 0 aromatic rings. The van der Waals surface area contributed by atoms with Crippen LogP contribution in [0.3, 0.4) is 0 Å². The fourth-order valence-corrected chi connectivity index (χ4v) is 4.46. The Morgan fingerprint density at radius 1 is 1.28 bits per heavy atom. The smallest absolute Gasteiger partial charge is 0.407 e. The van der Waals surface area contributed by atoms with Gasteiger partial charge in [-0.15, -0.1) is 0 Å². The fourth-order valence-electron chi connectivity index (χ4n) is 4.46. The van der Waals surface area contributed by atoms with E-state index in [1.807, 2.05) is 20.8 Å². The van der Waals surface area contributed by atoms with Gasteiger partial charge in [-0.05, 0) is 40.0 Å². The Kier molecular flexibility index (Phi) is 5.14. The molecule has 1 heterocycles. The number of hydrogen-bond donors (Lipinski definition) is 3. The van der Waals surface area contributed by atoms with Crippen LogP contribution in [0.2, 0.25) is 0 Å². The van der Waals surface area contributed by atoms with E-state index in [-0.39, 0.29) is 0 Å². The van der Waals surface area contributed by atoms with Crippen molar-refractivity contribution in [2.45, 2.75) is 64.2 Å². The fraction of sp³-hybridized carbons (Fsp3) is 0.889. The first-order valence-corrected chi connectivity index (χ1v) is 9.41. The largest absolute Gasteiger partial charge is 0.444 e. The standard InChI is InChI=1S/C18H32N4O3/c1-17(2,3)25-16(23)21-10-9-20-15(19-4)22-13-12-6-11-24-14(12)18(13)7-5-8-18/h12-14H,5-11H2,1-4H3,(H,21,23)(H2,19,20,22). The van der Waals surface area contributed by atoms with Crippen molar-refractivity contribution in [1.82, 2.24) is 16.0 Å². The van der Waals surface area contributed by atoms with E-state index in [4.69, 9.17) is 9.47 Å². The van der Waals surface area contributed by atoms with Gasteiger partial charge in [-0.3, -0.25) is 4.99 Å². The van der Waals surface area contributed by atoms with Gasteiger partial charge >= 0.3 is 6.09 Å². The predicted octanol–water partition coefficient (Wildman–Crippen LogP) is 1.63. The number of amides is 1. The Morgan fingerprint density at radius 3 is 2.60 bits per heavy atom. The molecule has 25 heavy (non-hydrogen) atoms. The van der Waals surface area contributed by atoms with Gasteiger partial charge < -0.3 is 25.4 Å². The van der Waals surface area contributed by atoms with Gasteiger partial charge in [0, 0.05) is 44.1 Å². The van der Waals surface area contributed by atoms with Gasteiger partial charge in [0.15, 0.2) is 5.96 Å². The molecule has 142 valence electrons. The van der Waals surface area contributed by atoms with E-state index >= 15 is 0 Å². The Morgan fingerprint density at radius 2 is 2.00 bits per heavy atom. The van der Waals surface area contributed by atoms with Crippen LogP contribution in [0.5, 0.6) is 0 Å². The molecule has 3 aliphatic rings. The molecule has 3 fully saturated rings. The third kappa shape index (κ3) is 3.71. The third-order valence-corrected chi connectivity index (χ3v) is 5.64. The summed E-state index contributed by atoms with van der Waals surface area (Å²) in [6.07, 6.45) is 5.01. The number of carbonyl (C=O) groups is 1. The minimum absolute atomic E-state index is 0.327. The van der Waals surface area contributed by atoms with Gasteiger partial charge in [-0.1, -0.05) is 6.42 Å². The molecule has 1 aliphatic heterocycles. The molecule has 3 atom stereocenters. The lowest BCUT2D eigenvalue weighted by Gasteiger charge is -2.63. The zero-order valence-corrected chi connectivity index (χ0v) is 15.9. The summed E-state index contributed by atoms with van der Waals surface area (Å²) in [7, 11) is 1.78. The summed E-state index contributed by atoms with van der Waals surface area (Å²) >= 11 is 0. The molecule has 0 bridgehead atoms. The molecule has 3 rings (SSSR count). The Balaban J connectivity index is 1.41. The van der Waals surface area contributed by atoms with Crippen LogP contribution in [0.25, 0.3) is 0 Å². The number of guanidine groups is 1. The molecule has 2 saturated carbocycles. The van der Waals surface area contributed by atoms with Crippen LogP contribution in [-0.2, 0) is 9.47 Å². The Hall–Kier alpha value is -1.50. The van der Waals surface area contributed by atoms with Crippen LogP contribution < -0.4 is 16.0 Å². The molecule has 0 radical (unpaired) electrons. The van der Waals surface area contributed by atoms with Crippen molar-refractivity contribution in [3.8, 4) is 0 Å². The van der Waals surface area contributed by atoms with E-state index in [0.29, 0.717) is 36.6 Å². The van der Waals surface area contributed by atoms with Crippen molar-refractivity contribution >= 4 is 12.1 Å². The van der Waals surface area contributed by atoms with E-state index < -0.39 is 11.7 Å². The maximum atomic E-state index is 11.6. The van der Waals surface area contributed by atoms with Crippen molar-refractivity contribution in [3.05, 3.63) is 0 Å². The van der Waals surface area contributed by atoms with Gasteiger partial charge in [-0.25, -0.2) is 4.79 Å². The lowest BCUT2D eigenvalue weighted by Crippen LogP contribution is -2.72. The summed E-state index contributed by atoms with van der Waals surface area (Å²) in [6.45, 7) is 7.54. The summed E-state index contributed by atoms with van der Waals surface area (Å²) in [4.78, 5) is 16.0. The molecule has 1 spiro atoms. The lowest BCUT2D eigenvalue weighted by atomic mass is 9.46. The van der Waals surface area contributed by atoms with Crippen molar-refractivity contribution in [3.63, 3.8) is 0 Å². The van der Waals surface area contributed by atoms with Crippen LogP contribution in [0, 0.1) is 11.3 Å². The van der Waals surface area contributed by atoms with Crippen molar-refractivity contribution in [2.75, 3.05) is 26.7 Å². The second-order valence-electron chi connectivity index (χ2n) is 8.38. The topological polar surface area (TPSA) is 84.0 Å². The van der Waals surface area contributed by atoms with Crippen LogP contribution in [0.15, 0.2) is 4.99 Å². The summed E-state index contributed by atoms with van der Waals surface area (Å²) in [6, 6.07) is 0.457.